The Morgan fingerprint density at radius 2 is 1.93 bits per heavy atom. The molecule has 5 rings (SSSR count). The average molecular weight is 432 g/mol. The van der Waals surface area contributed by atoms with E-state index in [0.29, 0.717) is 12.7 Å². The molecule has 2 atom stereocenters. The minimum Gasteiger partial charge on any atom is -0.454 e. The van der Waals surface area contributed by atoms with Gasteiger partial charge >= 0.3 is 0 Å². The van der Waals surface area contributed by atoms with Crippen molar-refractivity contribution in [2.24, 2.45) is 5.92 Å². The van der Waals surface area contributed by atoms with Crippen LogP contribution in [0.4, 0.5) is 5.82 Å². The number of anilines is 1. The lowest BCUT2D eigenvalue weighted by Gasteiger charge is -2.28. The number of ether oxygens (including phenoxy) is 2. The summed E-state index contributed by atoms with van der Waals surface area (Å²) >= 11 is 0. The number of rotatable bonds is 6. The van der Waals surface area contributed by atoms with Gasteiger partial charge < -0.3 is 19.7 Å². The SMILES string of the molecule is Cl.c1cc(CNCC2CNNC2c2ccc3c(c2)OCO3)cc(N2CCCCC2)n1. The summed E-state index contributed by atoms with van der Waals surface area (Å²) < 4.78 is 11.0. The van der Waals surface area contributed by atoms with Crippen molar-refractivity contribution >= 4 is 18.2 Å². The summed E-state index contributed by atoms with van der Waals surface area (Å²) in [5, 5.41) is 3.64. The Labute approximate surface area is 183 Å². The van der Waals surface area contributed by atoms with Crippen LogP contribution in [0.2, 0.25) is 0 Å². The van der Waals surface area contributed by atoms with E-state index in [-0.39, 0.29) is 18.4 Å². The van der Waals surface area contributed by atoms with Crippen molar-refractivity contribution in [2.45, 2.75) is 31.8 Å². The van der Waals surface area contributed by atoms with Gasteiger partial charge in [-0.1, -0.05) is 6.07 Å². The highest BCUT2D eigenvalue weighted by molar-refractivity contribution is 5.85. The van der Waals surface area contributed by atoms with E-state index in [1.807, 2.05) is 12.3 Å². The second-order valence-corrected chi connectivity index (χ2v) is 8.08. The first-order valence-corrected chi connectivity index (χ1v) is 10.7. The van der Waals surface area contributed by atoms with Crippen LogP contribution >= 0.6 is 12.4 Å². The highest BCUT2D eigenvalue weighted by Gasteiger charge is 2.29. The fraction of sp³-hybridized carbons (Fsp3) is 0.500. The predicted molar refractivity (Wildman–Crippen MR) is 119 cm³/mol. The summed E-state index contributed by atoms with van der Waals surface area (Å²) in [7, 11) is 0. The highest BCUT2D eigenvalue weighted by atomic mass is 35.5. The maximum absolute atomic E-state index is 5.54. The quantitative estimate of drug-likeness (QED) is 0.649. The van der Waals surface area contributed by atoms with Crippen LogP contribution in [0, 0.1) is 5.92 Å². The number of aromatic nitrogens is 1. The summed E-state index contributed by atoms with van der Waals surface area (Å²) in [5.74, 6) is 3.24. The molecule has 0 aliphatic carbocycles. The molecule has 0 radical (unpaired) electrons. The van der Waals surface area contributed by atoms with Crippen LogP contribution in [-0.2, 0) is 6.54 Å². The Morgan fingerprint density at radius 1 is 1.07 bits per heavy atom. The third-order valence-electron chi connectivity index (χ3n) is 6.07. The molecule has 2 aromatic rings. The Balaban J connectivity index is 0.00000218. The van der Waals surface area contributed by atoms with E-state index in [1.165, 1.54) is 30.4 Å². The van der Waals surface area contributed by atoms with Gasteiger partial charge in [-0.05, 0) is 54.7 Å². The summed E-state index contributed by atoms with van der Waals surface area (Å²) in [6, 6.07) is 10.8. The van der Waals surface area contributed by atoms with Crippen molar-refractivity contribution in [2.75, 3.05) is 37.9 Å². The topological polar surface area (TPSA) is 70.7 Å². The molecule has 3 aliphatic heterocycles. The summed E-state index contributed by atoms with van der Waals surface area (Å²) in [4.78, 5) is 7.00. The second kappa shape index (κ2) is 9.83. The van der Waals surface area contributed by atoms with E-state index in [1.54, 1.807) is 0 Å². The number of nitrogens with zero attached hydrogens (tertiary/aromatic N) is 2. The molecule has 2 unspecified atom stereocenters. The van der Waals surface area contributed by atoms with Gasteiger partial charge in [0.15, 0.2) is 11.5 Å². The van der Waals surface area contributed by atoms with Crippen LogP contribution in [0.1, 0.15) is 36.4 Å². The lowest BCUT2D eigenvalue weighted by Crippen LogP contribution is -2.30. The summed E-state index contributed by atoms with van der Waals surface area (Å²) in [6.07, 6.45) is 5.82. The van der Waals surface area contributed by atoms with E-state index < -0.39 is 0 Å². The van der Waals surface area contributed by atoms with E-state index in [0.717, 1.165) is 50.0 Å². The molecule has 0 saturated carbocycles. The molecular formula is C22H30ClN5O2. The number of pyridine rings is 1. The van der Waals surface area contributed by atoms with Gasteiger partial charge in [0, 0.05) is 44.8 Å². The van der Waals surface area contributed by atoms with Crippen molar-refractivity contribution in [3.8, 4) is 11.5 Å². The third-order valence-corrected chi connectivity index (χ3v) is 6.07. The van der Waals surface area contributed by atoms with Crippen molar-refractivity contribution < 1.29 is 9.47 Å². The van der Waals surface area contributed by atoms with E-state index >= 15 is 0 Å². The summed E-state index contributed by atoms with van der Waals surface area (Å²) in [5.41, 5.74) is 9.24. The van der Waals surface area contributed by atoms with Crippen LogP contribution in [0.25, 0.3) is 0 Å². The lowest BCUT2D eigenvalue weighted by atomic mass is 9.94. The number of hydrogen-bond donors (Lipinski definition) is 3. The minimum atomic E-state index is 0. The van der Waals surface area contributed by atoms with Gasteiger partial charge in [-0.2, -0.15) is 0 Å². The normalized spacial score (nSPS) is 22.7. The first-order chi connectivity index (χ1) is 14.4. The largest absolute Gasteiger partial charge is 0.454 e. The van der Waals surface area contributed by atoms with Crippen molar-refractivity contribution in [3.63, 3.8) is 0 Å². The third kappa shape index (κ3) is 4.64. The zero-order chi connectivity index (χ0) is 19.5. The average Bonchev–Trinajstić information content (AvgIpc) is 3.43. The van der Waals surface area contributed by atoms with Crippen LogP contribution in [0.5, 0.6) is 11.5 Å². The Bertz CT molecular complexity index is 846. The maximum atomic E-state index is 5.54. The first kappa shape index (κ1) is 21.2. The molecule has 8 heteroatoms. The summed E-state index contributed by atoms with van der Waals surface area (Å²) in [6.45, 7) is 5.28. The Hall–Kier alpha value is -2.06. The molecule has 3 N–H and O–H groups in total. The van der Waals surface area contributed by atoms with Gasteiger partial charge in [-0.25, -0.2) is 10.4 Å². The van der Waals surface area contributed by atoms with Crippen molar-refractivity contribution in [1.29, 1.82) is 0 Å². The second-order valence-electron chi connectivity index (χ2n) is 8.08. The number of fused-ring (bicyclic) bond motifs is 1. The molecule has 0 amide bonds. The zero-order valence-electron chi connectivity index (χ0n) is 17.1. The Kier molecular flexibility index (Phi) is 6.94. The molecule has 0 spiro atoms. The number of halogens is 1. The smallest absolute Gasteiger partial charge is 0.231 e. The number of hydrazine groups is 1. The van der Waals surface area contributed by atoms with E-state index in [4.69, 9.17) is 9.47 Å². The molecule has 0 bridgehead atoms. The van der Waals surface area contributed by atoms with Crippen LogP contribution in [0.3, 0.4) is 0 Å². The monoisotopic (exact) mass is 431 g/mol. The lowest BCUT2D eigenvalue weighted by molar-refractivity contribution is 0.174. The molecule has 1 aromatic carbocycles. The molecule has 30 heavy (non-hydrogen) atoms. The van der Waals surface area contributed by atoms with Gasteiger partial charge in [-0.3, -0.25) is 5.43 Å². The first-order valence-electron chi connectivity index (χ1n) is 10.7. The molecule has 2 fully saturated rings. The van der Waals surface area contributed by atoms with E-state index in [9.17, 15) is 0 Å². The van der Waals surface area contributed by atoms with Crippen LogP contribution in [0.15, 0.2) is 36.5 Å². The molecule has 4 heterocycles. The fourth-order valence-electron chi connectivity index (χ4n) is 4.46. The van der Waals surface area contributed by atoms with Gasteiger partial charge in [0.25, 0.3) is 0 Å². The number of benzene rings is 1. The highest BCUT2D eigenvalue weighted by Crippen LogP contribution is 2.36. The van der Waals surface area contributed by atoms with E-state index in [2.05, 4.69) is 50.3 Å². The number of piperidine rings is 1. The molecule has 2 saturated heterocycles. The van der Waals surface area contributed by atoms with Gasteiger partial charge in [0.05, 0.1) is 6.04 Å². The Morgan fingerprint density at radius 3 is 2.83 bits per heavy atom. The van der Waals surface area contributed by atoms with Crippen LogP contribution < -0.4 is 30.5 Å². The van der Waals surface area contributed by atoms with Crippen molar-refractivity contribution in [3.05, 3.63) is 47.7 Å². The van der Waals surface area contributed by atoms with Crippen LogP contribution in [-0.4, -0.2) is 38.0 Å². The standard InChI is InChI=1S/C22H29N5O2.ClH/c1-2-8-27(9-3-1)21-10-16(6-7-24-21)12-23-13-18-14-25-26-22(18)17-4-5-19-20(11-17)29-15-28-19;/h4-7,10-11,18,22-23,25-26H,1-3,8-9,12-15H2;1H. The number of nitrogens with one attached hydrogen (secondary N) is 3. The molecule has 3 aliphatic rings. The molecule has 162 valence electrons. The fourth-order valence-corrected chi connectivity index (χ4v) is 4.46. The van der Waals surface area contributed by atoms with Gasteiger partial charge in [0.2, 0.25) is 6.79 Å². The molecule has 1 aromatic heterocycles. The van der Waals surface area contributed by atoms with Gasteiger partial charge in [0.1, 0.15) is 5.82 Å². The number of hydrogen-bond acceptors (Lipinski definition) is 7. The predicted octanol–water partition coefficient (Wildman–Crippen LogP) is 2.78. The zero-order valence-corrected chi connectivity index (χ0v) is 17.9. The minimum absolute atomic E-state index is 0. The van der Waals surface area contributed by atoms with Gasteiger partial charge in [-0.15, -0.1) is 12.4 Å². The molecular weight excluding hydrogens is 402 g/mol. The molecule has 7 nitrogen and oxygen atoms in total. The maximum Gasteiger partial charge on any atom is 0.231 e. The van der Waals surface area contributed by atoms with Crippen molar-refractivity contribution in [1.82, 2.24) is 21.2 Å².